The summed E-state index contributed by atoms with van der Waals surface area (Å²) in [4.78, 5) is 106. The molecule has 17 N–H and O–H groups in total. The number of hydrogen-bond acceptors (Lipinski definition) is 24. The molecule has 8 aromatic carbocycles. The highest BCUT2D eigenvalue weighted by Gasteiger charge is 2.37. The Hall–Kier alpha value is -15.0. The van der Waals surface area contributed by atoms with Crippen LogP contribution < -0.4 is 60.0 Å². The number of nitro benzene ring substituents is 2. The standard InChI is InChI=1S/C22H16ClF3N6O.C14H9ClF3N3O3.C14H11ClF3N3O.C13H14ClN3O2.C9H14BNO4.C7H5ClF3N.C6H6N2O2.C4H2Cl2N2.CH4O.ClH/c23-17-7-6-15(12-16(17)22(24,25)26)31-21(33)30-14-4-1-3-13(11-14)29-20-28-10-8-19(32-20)18-5-2-9-27-18;15-12-5-4-9(7-11(12)14(16,17)18)20-13(22)19-8-2-1-3-10(6-8)21(23)24;15-12-5-4-10(7-11(12)14(16,17)18)21-13(22)20-9-3-1-2-8(19)6-9;1-13(2,3)19-12(18)17-8-4-5-10(17)9-6-7-15-11(14)16-9;1-9(2,3)15-8(12)11-6-4-5-7(11)10(13)14;8-6-2-1-4(12)3-5(6)7(9,10)11;7-5-2-1-3-6(4-5)8(9)10;5-3-1-2-7-4(6)8-3;1-2;/h1-12,27H,(H,28,29,32)(H2,30,31,33);1-7H,(H2,19,20,22);1-7H,19H2,(H2,20,21,22);4-8H,1-3H3;4-6,13-14H,1-3H3;1-3H,12H2;1-4H,7H2;1-2H;2H,1H3;1H. The molecule has 0 aliphatic carbocycles. The van der Waals surface area contributed by atoms with Crippen LogP contribution in [0.5, 0.6) is 0 Å². The molecule has 146 heavy (non-hydrogen) atoms. The van der Waals surface area contributed by atoms with Gasteiger partial charge in [0.15, 0.2) is 0 Å². The van der Waals surface area contributed by atoms with Gasteiger partial charge in [-0.15, -0.1) is 12.4 Å². The van der Waals surface area contributed by atoms with Crippen LogP contribution in [0.15, 0.2) is 262 Å². The molecule has 35 nitrogen and oxygen atoms in total. The molecule has 0 atom stereocenters. The number of carbonyl (C=O) groups excluding carboxylic acids is 5. The molecule has 0 saturated carbocycles. The maximum atomic E-state index is 13.0. The number of aromatic nitrogens is 9. The number of hydrogen-bond donors (Lipinski definition) is 14. The number of ether oxygens (including phenoxy) is 2. The lowest BCUT2D eigenvalue weighted by molar-refractivity contribution is -0.385. The molecule has 0 spiro atoms. The Labute approximate surface area is 862 Å². The molecule has 6 heterocycles. The first-order chi connectivity index (χ1) is 67.8. The molecular weight excluding hydrogens is 2120 g/mol. The third-order valence-corrected chi connectivity index (χ3v) is 18.7. The molecule has 56 heteroatoms. The monoisotopic (exact) mass is 2200 g/mol. The van der Waals surface area contributed by atoms with Gasteiger partial charge >= 0.3 is 62.1 Å². The Kier molecular flexibility index (Phi) is 46.4. The predicted molar refractivity (Wildman–Crippen MR) is 537 cm³/mol. The number of halogens is 20. The number of nitrogens with zero attached hydrogens (tertiary/aromatic N) is 10. The Morgan fingerprint density at radius 2 is 0.774 bits per heavy atom. The zero-order valence-corrected chi connectivity index (χ0v) is 82.1. The zero-order valence-electron chi connectivity index (χ0n) is 76.0. The highest BCUT2D eigenvalue weighted by molar-refractivity contribution is 6.58. The molecular formula is C90H82BCl8F12N21O14. The Morgan fingerprint density at radius 1 is 0.404 bits per heavy atom. The lowest BCUT2D eigenvalue weighted by Crippen LogP contribution is -2.40. The van der Waals surface area contributed by atoms with E-state index in [9.17, 15) is 96.9 Å². The number of anilines is 11. The van der Waals surface area contributed by atoms with E-state index in [4.69, 9.17) is 123 Å². The number of aliphatic hydroxyl groups is 1. The van der Waals surface area contributed by atoms with E-state index in [1.54, 1.807) is 130 Å². The number of aliphatic hydroxyl groups excluding tert-OH is 1. The highest BCUT2D eigenvalue weighted by atomic mass is 35.5. The summed E-state index contributed by atoms with van der Waals surface area (Å²) >= 11 is 38.4. The van der Waals surface area contributed by atoms with Crippen molar-refractivity contribution in [2.45, 2.75) is 77.4 Å². The van der Waals surface area contributed by atoms with E-state index < -0.39 is 120 Å². The van der Waals surface area contributed by atoms with E-state index in [0.29, 0.717) is 62.7 Å². The van der Waals surface area contributed by atoms with Gasteiger partial charge in [0.1, 0.15) is 16.4 Å². The van der Waals surface area contributed by atoms with Crippen molar-refractivity contribution in [3.05, 3.63) is 340 Å². The number of alkyl halides is 12. The second-order valence-corrected chi connectivity index (χ2v) is 32.8. The lowest BCUT2D eigenvalue weighted by Gasteiger charge is -2.20. The number of aromatic amines is 1. The van der Waals surface area contributed by atoms with Gasteiger partial charge in [0.2, 0.25) is 16.5 Å². The topological polar surface area (TPSA) is 516 Å². The number of amides is 6. The van der Waals surface area contributed by atoms with E-state index >= 15 is 0 Å². The molecule has 0 radical (unpaired) electrons. The molecule has 774 valence electrons. The van der Waals surface area contributed by atoms with Crippen LogP contribution in [0.2, 0.25) is 35.8 Å². The fraction of sp³-hybridized carbons (Fsp3) is 0.144. The van der Waals surface area contributed by atoms with Crippen LogP contribution in [0.1, 0.15) is 63.8 Å². The lowest BCUT2D eigenvalue weighted by atomic mass is 9.86. The van der Waals surface area contributed by atoms with Gasteiger partial charge in [0.25, 0.3) is 11.4 Å². The maximum absolute atomic E-state index is 13.0. The summed E-state index contributed by atoms with van der Waals surface area (Å²) in [5.41, 5.74) is 15.6. The Bertz CT molecular complexity index is 6740. The minimum absolute atomic E-state index is 0. The van der Waals surface area contributed by atoms with Crippen molar-refractivity contribution in [2.24, 2.45) is 0 Å². The first-order valence-corrected chi connectivity index (χ1v) is 43.1. The first-order valence-electron chi connectivity index (χ1n) is 40.4. The summed E-state index contributed by atoms with van der Waals surface area (Å²) in [6.07, 6.45) is -9.93. The fourth-order valence-corrected chi connectivity index (χ4v) is 12.2. The summed E-state index contributed by atoms with van der Waals surface area (Å²) in [5.74, 6) is 0.351. The van der Waals surface area contributed by atoms with Crippen LogP contribution in [0.25, 0.3) is 22.8 Å². The van der Waals surface area contributed by atoms with Gasteiger partial charge in [0.05, 0.1) is 80.6 Å². The number of rotatable bonds is 13. The van der Waals surface area contributed by atoms with Gasteiger partial charge in [0, 0.05) is 125 Å². The maximum Gasteiger partial charge on any atom is 0.506 e. The van der Waals surface area contributed by atoms with Crippen molar-refractivity contribution in [3.8, 4) is 22.8 Å². The molecule has 0 aliphatic heterocycles. The molecule has 0 bridgehead atoms. The van der Waals surface area contributed by atoms with Crippen LogP contribution >= 0.6 is 93.6 Å². The second-order valence-electron chi connectivity index (χ2n) is 30.2. The van der Waals surface area contributed by atoms with E-state index in [-0.39, 0.29) is 73.4 Å². The van der Waals surface area contributed by atoms with Crippen molar-refractivity contribution in [2.75, 3.05) is 61.5 Å². The second kappa shape index (κ2) is 55.8. The van der Waals surface area contributed by atoms with E-state index in [1.807, 2.05) is 32.9 Å². The molecule has 0 unspecified atom stereocenters. The molecule has 0 aliphatic rings. The SMILES string of the molecule is CC(C)(C)OC(=O)n1cccc1-c1ccnc(Cl)n1.CC(C)(C)OC(=O)n1cccc1B(O)O.CO.Cl.Clc1ccnc(Cl)n1.Nc1ccc(Cl)c(C(F)(F)F)c1.Nc1cccc(NC(=O)Nc2ccc(Cl)c(C(F)(F)F)c2)c1.Nc1cccc([N+](=O)[O-])c1.O=C(Nc1cccc(Nc2nccc(-c3ccc[nH]3)n2)c1)Nc1ccc(Cl)c(C(F)(F)F)c1.O=C(Nc1cccc([N+](=O)[O-])c1)Nc1ccc(Cl)c(C(F)(F)F)c1. The quantitative estimate of drug-likeness (QED) is 0.00969. The molecule has 14 aromatic rings. The van der Waals surface area contributed by atoms with Crippen LogP contribution in [-0.2, 0) is 34.2 Å². The number of H-pyrrole nitrogens is 1. The number of urea groups is 3. The van der Waals surface area contributed by atoms with Crippen molar-refractivity contribution in [1.82, 2.24) is 44.0 Å². The van der Waals surface area contributed by atoms with Crippen LogP contribution in [0.3, 0.4) is 0 Å². The summed E-state index contributed by atoms with van der Waals surface area (Å²) in [5, 5.41) is 61.9. The summed E-state index contributed by atoms with van der Waals surface area (Å²) in [7, 11) is -0.687. The van der Waals surface area contributed by atoms with Gasteiger partial charge in [-0.05, 0) is 241 Å². The summed E-state index contributed by atoms with van der Waals surface area (Å²) in [6.45, 7) is 10.7. The average molecular weight is 2200 g/mol. The third kappa shape index (κ3) is 42.1. The average Bonchev–Trinajstić information content (AvgIpc) is 1.72. The number of nitrogens with two attached hydrogens (primary N) is 3. The van der Waals surface area contributed by atoms with Gasteiger partial charge in [-0.3, -0.25) is 29.4 Å². The van der Waals surface area contributed by atoms with E-state index in [0.717, 1.165) is 65.9 Å². The van der Waals surface area contributed by atoms with Gasteiger partial charge in [-0.25, -0.2) is 53.9 Å². The summed E-state index contributed by atoms with van der Waals surface area (Å²) < 4.78 is 165. The zero-order chi connectivity index (χ0) is 108. The fourth-order valence-electron chi connectivity index (χ4n) is 10.8. The molecule has 0 fully saturated rings. The molecule has 6 aromatic heterocycles. The van der Waals surface area contributed by atoms with Crippen LogP contribution in [0.4, 0.5) is 151 Å². The van der Waals surface area contributed by atoms with E-state index in [1.165, 1.54) is 89.9 Å². The van der Waals surface area contributed by atoms with E-state index in [2.05, 4.69) is 72.1 Å². The number of nitrogen functional groups attached to an aromatic ring is 3. The highest BCUT2D eigenvalue weighted by Crippen LogP contribution is 2.41. The molecule has 6 amide bonds. The van der Waals surface area contributed by atoms with Gasteiger partial charge in [-0.1, -0.05) is 82.3 Å². The van der Waals surface area contributed by atoms with Gasteiger partial charge < -0.3 is 84.0 Å². The summed E-state index contributed by atoms with van der Waals surface area (Å²) in [6, 6.07) is 49.4. The number of nitrogens with one attached hydrogen (secondary N) is 8. The van der Waals surface area contributed by atoms with Crippen molar-refractivity contribution < 1.29 is 111 Å². The number of carbonyl (C=O) groups is 5. The molecule has 0 saturated heterocycles. The molecule has 14 rings (SSSR count). The largest absolute Gasteiger partial charge is 0.506 e. The van der Waals surface area contributed by atoms with Crippen molar-refractivity contribution in [1.29, 1.82) is 0 Å². The predicted octanol–water partition coefficient (Wildman–Crippen LogP) is 25.3. The van der Waals surface area contributed by atoms with Crippen molar-refractivity contribution >= 4 is 211 Å². The minimum Gasteiger partial charge on any atom is -0.443 e. The smallest absolute Gasteiger partial charge is 0.443 e. The minimum atomic E-state index is -4.66. The number of nitro groups is 2. The van der Waals surface area contributed by atoms with Crippen LogP contribution in [-0.4, -0.2) is 125 Å². The number of benzene rings is 8. The van der Waals surface area contributed by atoms with Crippen molar-refractivity contribution in [3.63, 3.8) is 0 Å². The Morgan fingerprint density at radius 3 is 1.18 bits per heavy atom. The first kappa shape index (κ1) is 121. The normalized spacial score (nSPS) is 10.8. The number of non-ortho nitro benzene ring substituents is 2. The Balaban J connectivity index is 0.000000302. The van der Waals surface area contributed by atoms with Gasteiger partial charge in [-0.2, -0.15) is 52.7 Å². The van der Waals surface area contributed by atoms with Crippen LogP contribution in [0, 0.1) is 20.2 Å². The third-order valence-electron chi connectivity index (χ3n) is 16.8.